The van der Waals surface area contributed by atoms with Gasteiger partial charge in [-0.3, -0.25) is 14.8 Å². The van der Waals surface area contributed by atoms with Crippen molar-refractivity contribution >= 4 is 11.7 Å². The second-order valence-electron chi connectivity index (χ2n) is 10.8. The van der Waals surface area contributed by atoms with Gasteiger partial charge >= 0.3 is 0 Å². The monoisotopic (exact) mass is 554 g/mol. The van der Waals surface area contributed by atoms with Crippen molar-refractivity contribution in [3.05, 3.63) is 120 Å². The van der Waals surface area contributed by atoms with Crippen LogP contribution >= 0.6 is 0 Å². The predicted octanol–water partition coefficient (Wildman–Crippen LogP) is 6.18. The number of benzene rings is 2. The lowest BCUT2D eigenvalue weighted by Crippen LogP contribution is -2.47. The van der Waals surface area contributed by atoms with E-state index in [0.29, 0.717) is 12.1 Å². The highest BCUT2D eigenvalue weighted by Crippen LogP contribution is 2.30. The molecule has 210 valence electrons. The summed E-state index contributed by atoms with van der Waals surface area (Å²) in [6, 6.07) is 30.4. The maximum atomic E-state index is 13.0. The van der Waals surface area contributed by atoms with E-state index in [2.05, 4.69) is 52.6 Å². The number of piperazine rings is 1. The van der Waals surface area contributed by atoms with Crippen molar-refractivity contribution in [3.8, 4) is 33.6 Å². The minimum Gasteiger partial charge on any atom is -0.366 e. The molecule has 0 unspecified atom stereocenters. The van der Waals surface area contributed by atoms with E-state index in [-0.39, 0.29) is 5.91 Å². The summed E-state index contributed by atoms with van der Waals surface area (Å²) < 4.78 is 0. The molecule has 1 saturated heterocycles. The number of pyridine rings is 3. The largest absolute Gasteiger partial charge is 0.366 e. The molecule has 4 heterocycles. The predicted molar refractivity (Wildman–Crippen MR) is 168 cm³/mol. The van der Waals surface area contributed by atoms with Gasteiger partial charge < -0.3 is 15.1 Å². The number of aromatic nitrogens is 3. The molecule has 7 heteroatoms. The van der Waals surface area contributed by atoms with Crippen molar-refractivity contribution in [1.29, 1.82) is 0 Å². The second-order valence-corrected chi connectivity index (χ2v) is 10.8. The summed E-state index contributed by atoms with van der Waals surface area (Å²) in [6.07, 6.45) is 3.73. The van der Waals surface area contributed by atoms with Crippen LogP contribution in [0.3, 0.4) is 0 Å². The smallest absolute Gasteiger partial charge is 0.253 e. The number of likely N-dealkylation sites (N-methyl/N-ethyl adjacent to an activating group) is 1. The van der Waals surface area contributed by atoms with E-state index in [1.54, 1.807) is 0 Å². The molecule has 1 N–H and O–H groups in total. The minimum absolute atomic E-state index is 0.0890. The van der Waals surface area contributed by atoms with Crippen LogP contribution in [0.4, 0.5) is 5.82 Å². The molecule has 1 fully saturated rings. The van der Waals surface area contributed by atoms with Gasteiger partial charge in [0.2, 0.25) is 0 Å². The molecule has 1 aliphatic heterocycles. The van der Waals surface area contributed by atoms with Gasteiger partial charge in [-0.25, -0.2) is 4.98 Å². The highest BCUT2D eigenvalue weighted by molar-refractivity contribution is 5.95. The van der Waals surface area contributed by atoms with Crippen molar-refractivity contribution in [3.63, 3.8) is 0 Å². The zero-order chi connectivity index (χ0) is 28.9. The summed E-state index contributed by atoms with van der Waals surface area (Å²) in [7, 11) is 2.09. The van der Waals surface area contributed by atoms with Crippen molar-refractivity contribution < 1.29 is 4.79 Å². The van der Waals surface area contributed by atoms with Crippen LogP contribution in [0, 0.1) is 6.92 Å². The third-order valence-electron chi connectivity index (χ3n) is 7.62. The number of rotatable bonds is 7. The molecule has 2 aromatic carbocycles. The first-order valence-corrected chi connectivity index (χ1v) is 14.3. The summed E-state index contributed by atoms with van der Waals surface area (Å²) in [6.45, 7) is 5.98. The minimum atomic E-state index is 0.0890. The standard InChI is InChI=1S/C35H34N6O/c1-25-7-6-10-32(38-25)33-20-29(21-34(39-33)37-22-26-8-4-3-5-9-26)31-19-30(23-36-24-31)27-11-13-28(14-12-27)35(42)41-17-15-40(2)16-18-41/h3-14,19-21,23-24H,15-18,22H2,1-2H3,(H,37,39). The van der Waals surface area contributed by atoms with Gasteiger partial charge in [0, 0.05) is 67.5 Å². The Kier molecular flexibility index (Phi) is 8.01. The third-order valence-corrected chi connectivity index (χ3v) is 7.62. The van der Waals surface area contributed by atoms with Gasteiger partial charge in [0.25, 0.3) is 5.91 Å². The summed E-state index contributed by atoms with van der Waals surface area (Å²) >= 11 is 0. The molecule has 7 nitrogen and oxygen atoms in total. The Hall–Kier alpha value is -4.88. The van der Waals surface area contributed by atoms with Crippen LogP contribution in [0.1, 0.15) is 21.6 Å². The van der Waals surface area contributed by atoms with Crippen LogP contribution in [0.5, 0.6) is 0 Å². The molecule has 0 aliphatic carbocycles. The van der Waals surface area contributed by atoms with Gasteiger partial charge in [0.1, 0.15) is 5.82 Å². The lowest BCUT2D eigenvalue weighted by atomic mass is 10.0. The van der Waals surface area contributed by atoms with E-state index in [1.165, 1.54) is 5.56 Å². The van der Waals surface area contributed by atoms with Gasteiger partial charge in [-0.1, -0.05) is 48.5 Å². The fourth-order valence-corrected chi connectivity index (χ4v) is 5.15. The second kappa shape index (κ2) is 12.3. The first-order chi connectivity index (χ1) is 20.5. The summed E-state index contributed by atoms with van der Waals surface area (Å²) in [5, 5.41) is 3.49. The van der Waals surface area contributed by atoms with Crippen molar-refractivity contribution in [2.24, 2.45) is 0 Å². The Morgan fingerprint density at radius 3 is 2.21 bits per heavy atom. The number of carbonyl (C=O) groups excluding carboxylic acids is 1. The molecule has 0 atom stereocenters. The van der Waals surface area contributed by atoms with Crippen molar-refractivity contribution in [2.75, 3.05) is 38.5 Å². The Morgan fingerprint density at radius 2 is 1.48 bits per heavy atom. The zero-order valence-corrected chi connectivity index (χ0v) is 24.0. The third kappa shape index (κ3) is 6.37. The number of nitrogens with one attached hydrogen (secondary N) is 1. The number of hydrogen-bond acceptors (Lipinski definition) is 6. The fourth-order valence-electron chi connectivity index (χ4n) is 5.15. The molecular weight excluding hydrogens is 520 g/mol. The topological polar surface area (TPSA) is 74.2 Å². The van der Waals surface area contributed by atoms with Crippen LogP contribution in [0.2, 0.25) is 0 Å². The number of aryl methyl sites for hydroxylation is 1. The maximum absolute atomic E-state index is 13.0. The number of carbonyl (C=O) groups is 1. The summed E-state index contributed by atoms with van der Waals surface area (Å²) in [4.78, 5) is 31.4. The highest BCUT2D eigenvalue weighted by atomic mass is 16.2. The first kappa shape index (κ1) is 27.3. The van der Waals surface area contributed by atoms with Gasteiger partial charge in [-0.2, -0.15) is 0 Å². The van der Waals surface area contributed by atoms with Crippen LogP contribution in [0.15, 0.2) is 103 Å². The molecule has 0 bridgehead atoms. The van der Waals surface area contributed by atoms with E-state index in [9.17, 15) is 4.79 Å². The molecule has 42 heavy (non-hydrogen) atoms. The van der Waals surface area contributed by atoms with Gasteiger partial charge in [-0.15, -0.1) is 0 Å². The molecule has 6 rings (SSSR count). The van der Waals surface area contributed by atoms with E-state index in [4.69, 9.17) is 9.97 Å². The number of nitrogens with zero attached hydrogens (tertiary/aromatic N) is 5. The Labute approximate surface area is 246 Å². The maximum Gasteiger partial charge on any atom is 0.253 e. The van der Waals surface area contributed by atoms with Gasteiger partial charge in [0.05, 0.1) is 11.4 Å². The Morgan fingerprint density at radius 1 is 0.738 bits per heavy atom. The quantitative estimate of drug-likeness (QED) is 0.259. The summed E-state index contributed by atoms with van der Waals surface area (Å²) in [5.41, 5.74) is 8.42. The SMILES string of the molecule is Cc1cccc(-c2cc(-c3cncc(-c4ccc(C(=O)N5CCN(C)CC5)cc4)c3)cc(NCc3ccccc3)n2)n1. The molecule has 0 radical (unpaired) electrons. The number of anilines is 1. The Bertz CT molecular complexity index is 1680. The first-order valence-electron chi connectivity index (χ1n) is 14.3. The molecule has 3 aromatic heterocycles. The molecule has 1 aliphatic rings. The highest BCUT2D eigenvalue weighted by Gasteiger charge is 2.20. The van der Waals surface area contributed by atoms with E-state index < -0.39 is 0 Å². The Balaban J connectivity index is 1.28. The van der Waals surface area contributed by atoms with Crippen LogP contribution in [-0.4, -0.2) is 63.9 Å². The lowest BCUT2D eigenvalue weighted by molar-refractivity contribution is 0.0664. The molecule has 5 aromatic rings. The zero-order valence-electron chi connectivity index (χ0n) is 24.0. The average Bonchev–Trinajstić information content (AvgIpc) is 3.04. The molecular formula is C35H34N6O. The van der Waals surface area contributed by atoms with Crippen LogP contribution in [-0.2, 0) is 6.54 Å². The molecule has 1 amide bonds. The van der Waals surface area contributed by atoms with Gasteiger partial charge in [0.15, 0.2) is 0 Å². The van der Waals surface area contributed by atoms with Crippen LogP contribution in [0.25, 0.3) is 33.6 Å². The fraction of sp³-hybridized carbons (Fsp3) is 0.200. The van der Waals surface area contributed by atoms with Crippen molar-refractivity contribution in [1.82, 2.24) is 24.8 Å². The summed E-state index contributed by atoms with van der Waals surface area (Å²) in [5.74, 6) is 0.859. The van der Waals surface area contributed by atoms with E-state index in [1.807, 2.05) is 84.9 Å². The lowest BCUT2D eigenvalue weighted by Gasteiger charge is -2.32. The van der Waals surface area contributed by atoms with Crippen LogP contribution < -0.4 is 5.32 Å². The van der Waals surface area contributed by atoms with E-state index in [0.717, 1.165) is 71.3 Å². The normalized spacial score (nSPS) is 13.6. The molecule has 0 saturated carbocycles. The average molecular weight is 555 g/mol. The molecule has 0 spiro atoms. The van der Waals surface area contributed by atoms with E-state index >= 15 is 0 Å². The van der Waals surface area contributed by atoms with Crippen molar-refractivity contribution in [2.45, 2.75) is 13.5 Å². The number of hydrogen-bond donors (Lipinski definition) is 1. The number of amides is 1. The van der Waals surface area contributed by atoms with Gasteiger partial charge in [-0.05, 0) is 73.1 Å².